The van der Waals surface area contributed by atoms with Crippen LogP contribution in [0.4, 0.5) is 0 Å². The molecule has 6 nitrogen and oxygen atoms in total. The summed E-state index contributed by atoms with van der Waals surface area (Å²) in [5, 5.41) is 6.94. The van der Waals surface area contributed by atoms with Crippen LogP contribution in [0.25, 0.3) is 0 Å². The summed E-state index contributed by atoms with van der Waals surface area (Å²) in [5.74, 6) is 0.718. The van der Waals surface area contributed by atoms with Crippen LogP contribution in [-0.2, 0) is 6.54 Å². The highest BCUT2D eigenvalue weighted by Crippen LogP contribution is 2.15. The van der Waals surface area contributed by atoms with Crippen molar-refractivity contribution in [3.05, 3.63) is 77.4 Å². The van der Waals surface area contributed by atoms with Gasteiger partial charge in [-0.3, -0.25) is 4.79 Å². The zero-order valence-corrected chi connectivity index (χ0v) is 15.0. The Balaban J connectivity index is 1.45. The smallest absolute Gasteiger partial charge is 0.251 e. The van der Waals surface area contributed by atoms with Gasteiger partial charge in [0.1, 0.15) is 25.0 Å². The number of hydrogen-bond donors (Lipinski definition) is 1. The number of benzene rings is 2. The van der Waals surface area contributed by atoms with Crippen LogP contribution in [0, 0.1) is 13.8 Å². The van der Waals surface area contributed by atoms with Crippen molar-refractivity contribution >= 4 is 5.91 Å². The SMILES string of the molecule is Cc1cc(C)cc(OCCNC(=O)c2ccc(Cn3cncn3)cc2)c1. The maximum Gasteiger partial charge on any atom is 0.251 e. The van der Waals surface area contributed by atoms with E-state index in [9.17, 15) is 4.79 Å². The molecule has 0 aliphatic carbocycles. The van der Waals surface area contributed by atoms with Crippen LogP contribution in [0.3, 0.4) is 0 Å². The molecule has 1 N–H and O–H groups in total. The zero-order valence-electron chi connectivity index (χ0n) is 15.0. The summed E-state index contributed by atoms with van der Waals surface area (Å²) in [6.45, 7) is 5.58. The second-order valence-corrected chi connectivity index (χ2v) is 6.22. The van der Waals surface area contributed by atoms with E-state index >= 15 is 0 Å². The van der Waals surface area contributed by atoms with E-state index in [4.69, 9.17) is 4.74 Å². The van der Waals surface area contributed by atoms with Crippen molar-refractivity contribution in [3.8, 4) is 5.75 Å². The van der Waals surface area contributed by atoms with Gasteiger partial charge in [-0.2, -0.15) is 5.10 Å². The first-order chi connectivity index (χ1) is 12.6. The van der Waals surface area contributed by atoms with Gasteiger partial charge in [0.25, 0.3) is 5.91 Å². The fraction of sp³-hybridized carbons (Fsp3) is 0.250. The van der Waals surface area contributed by atoms with Crippen LogP contribution in [-0.4, -0.2) is 33.8 Å². The molecule has 1 amide bonds. The molecule has 0 unspecified atom stereocenters. The summed E-state index contributed by atoms with van der Waals surface area (Å²) < 4.78 is 7.44. The fourth-order valence-corrected chi connectivity index (χ4v) is 2.71. The van der Waals surface area contributed by atoms with Crippen molar-refractivity contribution in [1.29, 1.82) is 0 Å². The van der Waals surface area contributed by atoms with E-state index in [0.29, 0.717) is 25.3 Å². The van der Waals surface area contributed by atoms with Crippen molar-refractivity contribution < 1.29 is 9.53 Å². The minimum Gasteiger partial charge on any atom is -0.492 e. The lowest BCUT2D eigenvalue weighted by atomic mass is 10.1. The third kappa shape index (κ3) is 4.92. The van der Waals surface area contributed by atoms with Crippen LogP contribution >= 0.6 is 0 Å². The van der Waals surface area contributed by atoms with Crippen molar-refractivity contribution in [3.63, 3.8) is 0 Å². The summed E-state index contributed by atoms with van der Waals surface area (Å²) in [7, 11) is 0. The third-order valence-electron chi connectivity index (χ3n) is 3.88. The van der Waals surface area contributed by atoms with E-state index in [1.165, 1.54) is 6.33 Å². The van der Waals surface area contributed by atoms with Crippen molar-refractivity contribution in [2.45, 2.75) is 20.4 Å². The van der Waals surface area contributed by atoms with Gasteiger partial charge in [0.05, 0.1) is 13.1 Å². The molecule has 0 saturated carbocycles. The van der Waals surface area contributed by atoms with Crippen molar-refractivity contribution in [1.82, 2.24) is 20.1 Å². The van der Waals surface area contributed by atoms with Gasteiger partial charge >= 0.3 is 0 Å². The Morgan fingerprint density at radius 3 is 2.50 bits per heavy atom. The number of amides is 1. The average molecular weight is 350 g/mol. The number of nitrogens with one attached hydrogen (secondary N) is 1. The van der Waals surface area contributed by atoms with E-state index in [1.807, 2.05) is 50.2 Å². The number of carbonyl (C=O) groups is 1. The monoisotopic (exact) mass is 350 g/mol. The van der Waals surface area contributed by atoms with Gasteiger partial charge in [-0.05, 0) is 54.8 Å². The Kier molecular flexibility index (Phi) is 5.63. The molecule has 1 heterocycles. The maximum atomic E-state index is 12.2. The second-order valence-electron chi connectivity index (χ2n) is 6.22. The first kappa shape index (κ1) is 17.7. The molecule has 0 bridgehead atoms. The Labute approximate surface area is 152 Å². The van der Waals surface area contributed by atoms with Gasteiger partial charge < -0.3 is 10.1 Å². The normalized spacial score (nSPS) is 10.5. The lowest BCUT2D eigenvalue weighted by Gasteiger charge is -2.10. The predicted molar refractivity (Wildman–Crippen MR) is 99.3 cm³/mol. The summed E-state index contributed by atoms with van der Waals surface area (Å²) in [5.41, 5.74) is 4.01. The van der Waals surface area contributed by atoms with E-state index < -0.39 is 0 Å². The molecule has 0 radical (unpaired) electrons. The molecular weight excluding hydrogens is 328 g/mol. The Morgan fingerprint density at radius 1 is 1.12 bits per heavy atom. The number of hydrogen-bond acceptors (Lipinski definition) is 4. The predicted octanol–water partition coefficient (Wildman–Crippen LogP) is 2.75. The molecule has 2 aromatic carbocycles. The number of ether oxygens (including phenoxy) is 1. The van der Waals surface area contributed by atoms with E-state index in [0.717, 1.165) is 22.4 Å². The minimum absolute atomic E-state index is 0.110. The van der Waals surface area contributed by atoms with E-state index in [2.05, 4.69) is 21.5 Å². The topological polar surface area (TPSA) is 69.0 Å². The van der Waals surface area contributed by atoms with E-state index in [-0.39, 0.29) is 5.91 Å². The quantitative estimate of drug-likeness (QED) is 0.665. The first-order valence-corrected chi connectivity index (χ1v) is 8.51. The number of rotatable bonds is 7. The van der Waals surface area contributed by atoms with Crippen molar-refractivity contribution in [2.24, 2.45) is 0 Å². The lowest BCUT2D eigenvalue weighted by Crippen LogP contribution is -2.28. The Hall–Kier alpha value is -3.15. The molecule has 0 spiro atoms. The number of aromatic nitrogens is 3. The van der Waals surface area contributed by atoms with Gasteiger partial charge in [0.15, 0.2) is 0 Å². The summed E-state index contributed by atoms with van der Waals surface area (Å²) in [6, 6.07) is 13.5. The molecule has 134 valence electrons. The molecule has 6 heteroatoms. The van der Waals surface area contributed by atoms with E-state index in [1.54, 1.807) is 11.0 Å². The summed E-state index contributed by atoms with van der Waals surface area (Å²) in [6.07, 6.45) is 3.16. The zero-order chi connectivity index (χ0) is 18.4. The van der Waals surface area contributed by atoms with Gasteiger partial charge in [-0.25, -0.2) is 9.67 Å². The lowest BCUT2D eigenvalue weighted by molar-refractivity contribution is 0.0947. The molecule has 0 fully saturated rings. The molecule has 0 atom stereocenters. The van der Waals surface area contributed by atoms with Gasteiger partial charge in [0.2, 0.25) is 0 Å². The highest BCUT2D eigenvalue weighted by molar-refractivity contribution is 5.94. The first-order valence-electron chi connectivity index (χ1n) is 8.51. The van der Waals surface area contributed by atoms with Crippen LogP contribution in [0.1, 0.15) is 27.0 Å². The largest absolute Gasteiger partial charge is 0.492 e. The van der Waals surface area contributed by atoms with Gasteiger partial charge in [0, 0.05) is 5.56 Å². The minimum atomic E-state index is -0.110. The molecule has 1 aromatic heterocycles. The molecule has 3 aromatic rings. The van der Waals surface area contributed by atoms with Gasteiger partial charge in [-0.15, -0.1) is 0 Å². The fourth-order valence-electron chi connectivity index (χ4n) is 2.71. The summed E-state index contributed by atoms with van der Waals surface area (Å²) in [4.78, 5) is 16.1. The Bertz CT molecular complexity index is 838. The summed E-state index contributed by atoms with van der Waals surface area (Å²) >= 11 is 0. The highest BCUT2D eigenvalue weighted by Gasteiger charge is 2.05. The maximum absolute atomic E-state index is 12.2. The number of nitrogens with zero attached hydrogens (tertiary/aromatic N) is 3. The van der Waals surface area contributed by atoms with Crippen LogP contribution < -0.4 is 10.1 Å². The number of carbonyl (C=O) groups excluding carboxylic acids is 1. The molecular formula is C20H22N4O2. The highest BCUT2D eigenvalue weighted by atomic mass is 16.5. The van der Waals surface area contributed by atoms with Crippen LogP contribution in [0.2, 0.25) is 0 Å². The molecule has 0 aliphatic heterocycles. The second kappa shape index (κ2) is 8.29. The standard InChI is InChI=1S/C20H22N4O2/c1-15-9-16(2)11-19(10-15)26-8-7-22-20(25)18-5-3-17(4-6-18)12-24-14-21-13-23-24/h3-6,9-11,13-14H,7-8,12H2,1-2H3,(H,22,25). The molecule has 26 heavy (non-hydrogen) atoms. The van der Waals surface area contributed by atoms with Crippen molar-refractivity contribution in [2.75, 3.05) is 13.2 Å². The Morgan fingerprint density at radius 2 is 1.85 bits per heavy atom. The number of aryl methyl sites for hydroxylation is 2. The third-order valence-corrected chi connectivity index (χ3v) is 3.88. The molecule has 3 rings (SSSR count). The molecule has 0 aliphatic rings. The molecule has 0 saturated heterocycles. The van der Waals surface area contributed by atoms with Gasteiger partial charge in [-0.1, -0.05) is 18.2 Å². The average Bonchev–Trinajstić information content (AvgIpc) is 3.11. The van der Waals surface area contributed by atoms with Crippen LogP contribution in [0.15, 0.2) is 55.1 Å². The van der Waals surface area contributed by atoms with Crippen LogP contribution in [0.5, 0.6) is 5.75 Å².